The molecule has 2 heteroatoms. The molecule has 2 rings (SSSR count). The number of aryl methyl sites for hydroxylation is 3. The summed E-state index contributed by atoms with van der Waals surface area (Å²) in [5.41, 5.74) is 11.7. The quantitative estimate of drug-likeness (QED) is 0.865. The van der Waals surface area contributed by atoms with Crippen LogP contribution in [0.4, 0.5) is 5.69 Å². The van der Waals surface area contributed by atoms with E-state index < -0.39 is 0 Å². The van der Waals surface area contributed by atoms with E-state index in [2.05, 4.69) is 44.9 Å². The highest BCUT2D eigenvalue weighted by Crippen LogP contribution is 2.45. The van der Waals surface area contributed by atoms with Crippen molar-refractivity contribution in [3.8, 4) is 0 Å². The van der Waals surface area contributed by atoms with Crippen molar-refractivity contribution >= 4 is 5.69 Å². The van der Waals surface area contributed by atoms with E-state index in [-0.39, 0.29) is 0 Å². The van der Waals surface area contributed by atoms with Gasteiger partial charge in [0.15, 0.2) is 0 Å². The van der Waals surface area contributed by atoms with Crippen LogP contribution in [0.5, 0.6) is 0 Å². The van der Waals surface area contributed by atoms with Gasteiger partial charge in [-0.3, -0.25) is 0 Å². The number of nitrogens with zero attached hydrogens (tertiary/aromatic N) is 1. The lowest BCUT2D eigenvalue weighted by Crippen LogP contribution is -2.32. The van der Waals surface area contributed by atoms with Crippen LogP contribution in [0.1, 0.15) is 29.5 Å². The molecule has 0 aliphatic heterocycles. The fraction of sp³-hybridized carbons (Fsp3) is 0.600. The second-order valence-electron chi connectivity index (χ2n) is 5.81. The van der Waals surface area contributed by atoms with Gasteiger partial charge >= 0.3 is 0 Å². The first-order valence-corrected chi connectivity index (χ1v) is 6.46. The lowest BCUT2D eigenvalue weighted by atomic mass is 10.0. The first-order chi connectivity index (χ1) is 7.97. The van der Waals surface area contributed by atoms with Gasteiger partial charge in [-0.15, -0.1) is 0 Å². The highest BCUT2D eigenvalue weighted by Gasteiger charge is 2.42. The Balaban J connectivity index is 2.22. The molecule has 0 radical (unpaired) electrons. The second kappa shape index (κ2) is 4.34. The molecule has 0 bridgehead atoms. The van der Waals surface area contributed by atoms with Gasteiger partial charge < -0.3 is 10.6 Å². The molecule has 17 heavy (non-hydrogen) atoms. The van der Waals surface area contributed by atoms with Crippen LogP contribution in [0.25, 0.3) is 0 Å². The van der Waals surface area contributed by atoms with Gasteiger partial charge in [-0.1, -0.05) is 17.7 Å². The van der Waals surface area contributed by atoms with Gasteiger partial charge in [0, 0.05) is 24.7 Å². The predicted octanol–water partition coefficient (Wildman–Crippen LogP) is 2.79. The van der Waals surface area contributed by atoms with E-state index >= 15 is 0 Å². The van der Waals surface area contributed by atoms with Gasteiger partial charge in [-0.05, 0) is 51.3 Å². The molecule has 1 fully saturated rings. The van der Waals surface area contributed by atoms with E-state index in [4.69, 9.17) is 5.73 Å². The Labute approximate surface area is 105 Å². The lowest BCUT2D eigenvalue weighted by molar-refractivity contribution is 0.523. The minimum Gasteiger partial charge on any atom is -0.374 e. The Kier molecular flexibility index (Phi) is 3.17. The largest absolute Gasteiger partial charge is 0.374 e. The fourth-order valence-electron chi connectivity index (χ4n) is 2.96. The zero-order valence-corrected chi connectivity index (χ0v) is 11.5. The lowest BCUT2D eigenvalue weighted by Gasteiger charge is -2.28. The van der Waals surface area contributed by atoms with E-state index in [1.165, 1.54) is 35.2 Å². The van der Waals surface area contributed by atoms with E-state index in [9.17, 15) is 0 Å². The summed E-state index contributed by atoms with van der Waals surface area (Å²) in [6.45, 7) is 8.48. The van der Waals surface area contributed by atoms with Crippen LogP contribution >= 0.6 is 0 Å². The normalized spacial score (nSPS) is 17.0. The van der Waals surface area contributed by atoms with Gasteiger partial charge in [-0.25, -0.2) is 0 Å². The molecule has 2 N–H and O–H groups in total. The summed E-state index contributed by atoms with van der Waals surface area (Å²) in [6.07, 6.45) is 2.58. The average Bonchev–Trinajstić information content (AvgIpc) is 2.96. The van der Waals surface area contributed by atoms with Gasteiger partial charge in [0.1, 0.15) is 0 Å². The number of hydrogen-bond acceptors (Lipinski definition) is 2. The van der Waals surface area contributed by atoms with Crippen LogP contribution in [0, 0.1) is 26.2 Å². The van der Waals surface area contributed by atoms with Crippen molar-refractivity contribution < 1.29 is 0 Å². The third-order valence-electron chi connectivity index (χ3n) is 3.98. The minimum absolute atomic E-state index is 0.401. The summed E-state index contributed by atoms with van der Waals surface area (Å²) in [6, 6.07) is 4.53. The molecule has 0 amide bonds. The van der Waals surface area contributed by atoms with E-state index in [1.807, 2.05) is 0 Å². The Morgan fingerprint density at radius 1 is 1.18 bits per heavy atom. The number of rotatable bonds is 4. The monoisotopic (exact) mass is 232 g/mol. The zero-order chi connectivity index (χ0) is 12.6. The number of benzene rings is 1. The van der Waals surface area contributed by atoms with E-state index in [0.29, 0.717) is 5.41 Å². The maximum Gasteiger partial charge on any atom is 0.0423 e. The molecule has 0 spiro atoms. The standard InChI is InChI=1S/C15H24N2/c1-11-7-12(2)14(13(3)8-11)17(4)10-15(9-16)5-6-15/h7-8H,5-6,9-10,16H2,1-4H3. The van der Waals surface area contributed by atoms with Gasteiger partial charge in [0.05, 0.1) is 0 Å². The molecule has 0 heterocycles. The Bertz CT molecular complexity index is 396. The van der Waals surface area contributed by atoms with Crippen molar-refractivity contribution in [2.45, 2.75) is 33.6 Å². The molecule has 1 saturated carbocycles. The van der Waals surface area contributed by atoms with Crippen LogP contribution in [0.2, 0.25) is 0 Å². The highest BCUT2D eigenvalue weighted by atomic mass is 15.1. The summed E-state index contributed by atoms with van der Waals surface area (Å²) < 4.78 is 0. The van der Waals surface area contributed by atoms with Crippen molar-refractivity contribution in [1.82, 2.24) is 0 Å². The summed E-state index contributed by atoms with van der Waals surface area (Å²) in [4.78, 5) is 2.39. The van der Waals surface area contributed by atoms with E-state index in [1.54, 1.807) is 0 Å². The zero-order valence-electron chi connectivity index (χ0n) is 11.5. The van der Waals surface area contributed by atoms with Crippen molar-refractivity contribution in [1.29, 1.82) is 0 Å². The molecule has 1 aliphatic rings. The number of nitrogens with two attached hydrogens (primary N) is 1. The number of hydrogen-bond donors (Lipinski definition) is 1. The SMILES string of the molecule is Cc1cc(C)c(N(C)CC2(CN)CC2)c(C)c1. The maximum atomic E-state index is 5.87. The van der Waals surface area contributed by atoms with Crippen LogP contribution in [-0.2, 0) is 0 Å². The molecular formula is C15H24N2. The topological polar surface area (TPSA) is 29.3 Å². The molecule has 0 unspecified atom stereocenters. The van der Waals surface area contributed by atoms with E-state index in [0.717, 1.165) is 13.1 Å². The highest BCUT2D eigenvalue weighted by molar-refractivity contribution is 5.60. The molecule has 2 nitrogen and oxygen atoms in total. The molecule has 0 saturated heterocycles. The van der Waals surface area contributed by atoms with Crippen LogP contribution in [0.3, 0.4) is 0 Å². The Morgan fingerprint density at radius 3 is 2.12 bits per heavy atom. The summed E-state index contributed by atoms with van der Waals surface area (Å²) in [5.74, 6) is 0. The smallest absolute Gasteiger partial charge is 0.0423 e. The molecule has 94 valence electrons. The van der Waals surface area contributed by atoms with Crippen molar-refractivity contribution in [2.75, 3.05) is 25.0 Å². The fourth-order valence-corrected chi connectivity index (χ4v) is 2.96. The van der Waals surface area contributed by atoms with Gasteiger partial charge in [0.25, 0.3) is 0 Å². The van der Waals surface area contributed by atoms with Gasteiger partial charge in [-0.2, -0.15) is 0 Å². The Hall–Kier alpha value is -1.02. The molecule has 1 aromatic carbocycles. The van der Waals surface area contributed by atoms with Crippen LogP contribution < -0.4 is 10.6 Å². The van der Waals surface area contributed by atoms with Crippen LogP contribution in [-0.4, -0.2) is 20.1 Å². The molecule has 0 atom stereocenters. The van der Waals surface area contributed by atoms with Crippen molar-refractivity contribution in [2.24, 2.45) is 11.1 Å². The average molecular weight is 232 g/mol. The summed E-state index contributed by atoms with van der Waals surface area (Å²) >= 11 is 0. The molecular weight excluding hydrogens is 208 g/mol. The van der Waals surface area contributed by atoms with Gasteiger partial charge in [0.2, 0.25) is 0 Å². The van der Waals surface area contributed by atoms with Crippen molar-refractivity contribution in [3.63, 3.8) is 0 Å². The minimum atomic E-state index is 0.401. The summed E-state index contributed by atoms with van der Waals surface area (Å²) in [5, 5.41) is 0. The van der Waals surface area contributed by atoms with Crippen molar-refractivity contribution in [3.05, 3.63) is 28.8 Å². The third kappa shape index (κ3) is 2.47. The van der Waals surface area contributed by atoms with Crippen LogP contribution in [0.15, 0.2) is 12.1 Å². The number of anilines is 1. The predicted molar refractivity (Wildman–Crippen MR) is 74.6 cm³/mol. The molecule has 0 aromatic heterocycles. The molecule has 1 aliphatic carbocycles. The third-order valence-corrected chi connectivity index (χ3v) is 3.98. The first-order valence-electron chi connectivity index (χ1n) is 6.46. The maximum absolute atomic E-state index is 5.87. The second-order valence-corrected chi connectivity index (χ2v) is 5.81. The molecule has 1 aromatic rings. The summed E-state index contributed by atoms with van der Waals surface area (Å²) in [7, 11) is 2.19. The Morgan fingerprint density at radius 2 is 1.71 bits per heavy atom. The first kappa shape index (κ1) is 12.4.